The molecule has 0 atom stereocenters. The second-order valence-corrected chi connectivity index (χ2v) is 8.82. The van der Waals surface area contributed by atoms with E-state index in [0.717, 1.165) is 5.92 Å². The first-order valence-electron chi connectivity index (χ1n) is 12.0. The monoisotopic (exact) mass is 386 g/mol. The lowest BCUT2D eigenvalue weighted by atomic mass is 9.78. The van der Waals surface area contributed by atoms with Gasteiger partial charge in [0.15, 0.2) is 0 Å². The third-order valence-electron chi connectivity index (χ3n) is 6.41. The van der Waals surface area contributed by atoms with Crippen molar-refractivity contribution in [3.63, 3.8) is 0 Å². The Balaban J connectivity index is 1.45. The van der Waals surface area contributed by atoms with Crippen molar-refractivity contribution in [3.8, 4) is 11.8 Å². The largest absolute Gasteiger partial charge is 0.0945 e. The SMILES string of the molecule is CCCCCCc1ccc(C#CC2CCC(c3ccc(CCC)cc3)CC2)cc1. The first-order valence-corrected chi connectivity index (χ1v) is 12.0. The molecule has 0 aromatic heterocycles. The predicted octanol–water partition coefficient (Wildman–Crippen LogP) is 8.09. The van der Waals surface area contributed by atoms with Crippen LogP contribution in [0.5, 0.6) is 0 Å². The summed E-state index contributed by atoms with van der Waals surface area (Å²) in [6.07, 6.45) is 14.0. The van der Waals surface area contributed by atoms with Gasteiger partial charge in [-0.15, -0.1) is 0 Å². The molecule has 0 nitrogen and oxygen atoms in total. The van der Waals surface area contributed by atoms with E-state index in [1.165, 1.54) is 92.9 Å². The van der Waals surface area contributed by atoms with Gasteiger partial charge in [-0.25, -0.2) is 0 Å². The molecule has 2 aromatic rings. The fourth-order valence-corrected chi connectivity index (χ4v) is 4.51. The van der Waals surface area contributed by atoms with Crippen LogP contribution in [0.1, 0.15) is 99.8 Å². The Kier molecular flexibility index (Phi) is 8.88. The van der Waals surface area contributed by atoms with E-state index >= 15 is 0 Å². The summed E-state index contributed by atoms with van der Waals surface area (Å²) in [5.74, 6) is 8.31. The number of aryl methyl sites for hydroxylation is 2. The van der Waals surface area contributed by atoms with E-state index in [4.69, 9.17) is 0 Å². The maximum Gasteiger partial charge on any atom is 0.0245 e. The van der Waals surface area contributed by atoms with Crippen LogP contribution in [0.3, 0.4) is 0 Å². The van der Waals surface area contributed by atoms with Crippen LogP contribution in [0.25, 0.3) is 0 Å². The molecule has 0 heteroatoms. The van der Waals surface area contributed by atoms with Gasteiger partial charge in [-0.2, -0.15) is 0 Å². The van der Waals surface area contributed by atoms with E-state index in [9.17, 15) is 0 Å². The minimum Gasteiger partial charge on any atom is -0.0945 e. The van der Waals surface area contributed by atoms with E-state index in [0.29, 0.717) is 5.92 Å². The van der Waals surface area contributed by atoms with Gasteiger partial charge in [0.05, 0.1) is 0 Å². The lowest BCUT2D eigenvalue weighted by Crippen LogP contribution is -2.12. The molecule has 1 saturated carbocycles. The second kappa shape index (κ2) is 11.9. The van der Waals surface area contributed by atoms with Crippen LogP contribution in [0.2, 0.25) is 0 Å². The fraction of sp³-hybridized carbons (Fsp3) is 0.517. The van der Waals surface area contributed by atoms with Crippen molar-refractivity contribution >= 4 is 0 Å². The molecule has 2 aromatic carbocycles. The average Bonchev–Trinajstić information content (AvgIpc) is 2.77. The Morgan fingerprint density at radius 2 is 1.34 bits per heavy atom. The zero-order valence-corrected chi connectivity index (χ0v) is 18.6. The third-order valence-corrected chi connectivity index (χ3v) is 6.41. The number of unbranched alkanes of at least 4 members (excludes halogenated alkanes) is 3. The van der Waals surface area contributed by atoms with Crippen LogP contribution in [-0.4, -0.2) is 0 Å². The first kappa shape index (κ1) is 21.7. The molecule has 0 aliphatic heterocycles. The summed E-state index contributed by atoms with van der Waals surface area (Å²) >= 11 is 0. The van der Waals surface area contributed by atoms with Gasteiger partial charge >= 0.3 is 0 Å². The Labute approximate surface area is 179 Å². The highest BCUT2D eigenvalue weighted by atomic mass is 14.2. The van der Waals surface area contributed by atoms with E-state index in [1.54, 1.807) is 0 Å². The van der Waals surface area contributed by atoms with E-state index in [1.807, 2.05) is 0 Å². The molecule has 154 valence electrons. The van der Waals surface area contributed by atoms with Crippen LogP contribution >= 0.6 is 0 Å². The molecular formula is C29H38. The molecule has 0 saturated heterocycles. The van der Waals surface area contributed by atoms with Gasteiger partial charge in [-0.05, 0) is 79.7 Å². The molecule has 0 amide bonds. The smallest absolute Gasteiger partial charge is 0.0245 e. The van der Waals surface area contributed by atoms with Crippen molar-refractivity contribution in [1.29, 1.82) is 0 Å². The minimum absolute atomic E-state index is 0.569. The van der Waals surface area contributed by atoms with Crippen LogP contribution in [0, 0.1) is 17.8 Å². The molecule has 29 heavy (non-hydrogen) atoms. The lowest BCUT2D eigenvalue weighted by Gasteiger charge is -2.26. The number of rotatable bonds is 8. The summed E-state index contributed by atoms with van der Waals surface area (Å²) in [5, 5.41) is 0. The van der Waals surface area contributed by atoms with E-state index in [2.05, 4.69) is 74.2 Å². The Bertz CT molecular complexity index is 762. The lowest BCUT2D eigenvalue weighted by molar-refractivity contribution is 0.384. The molecule has 1 aliphatic rings. The van der Waals surface area contributed by atoms with Crippen LogP contribution in [-0.2, 0) is 12.8 Å². The van der Waals surface area contributed by atoms with Gasteiger partial charge in [0, 0.05) is 11.5 Å². The van der Waals surface area contributed by atoms with Gasteiger partial charge in [0.2, 0.25) is 0 Å². The molecule has 3 rings (SSSR count). The van der Waals surface area contributed by atoms with Gasteiger partial charge in [-0.1, -0.05) is 87.8 Å². The average molecular weight is 387 g/mol. The maximum absolute atomic E-state index is 3.57. The maximum atomic E-state index is 3.57. The number of hydrogen-bond acceptors (Lipinski definition) is 0. The zero-order valence-electron chi connectivity index (χ0n) is 18.6. The normalized spacial score (nSPS) is 18.8. The van der Waals surface area contributed by atoms with Crippen molar-refractivity contribution < 1.29 is 0 Å². The van der Waals surface area contributed by atoms with E-state index < -0.39 is 0 Å². The molecule has 0 bridgehead atoms. The standard InChI is InChI=1S/C29H38/c1-3-5-6-7-9-25-10-12-26(13-11-25)14-15-27-18-22-29(23-19-27)28-20-16-24(8-4-2)17-21-28/h10-13,16-17,20-21,27,29H,3-9,18-19,22-23H2,1-2H3. The Morgan fingerprint density at radius 3 is 2.00 bits per heavy atom. The summed E-state index contributed by atoms with van der Waals surface area (Å²) in [4.78, 5) is 0. The Morgan fingerprint density at radius 1 is 0.690 bits per heavy atom. The van der Waals surface area contributed by atoms with Crippen molar-refractivity contribution in [1.82, 2.24) is 0 Å². The third kappa shape index (κ3) is 7.08. The van der Waals surface area contributed by atoms with Crippen LogP contribution < -0.4 is 0 Å². The summed E-state index contributed by atoms with van der Waals surface area (Å²) in [6, 6.07) is 18.4. The van der Waals surface area contributed by atoms with Crippen LogP contribution in [0.4, 0.5) is 0 Å². The van der Waals surface area contributed by atoms with Crippen molar-refractivity contribution in [3.05, 3.63) is 70.8 Å². The van der Waals surface area contributed by atoms with Gasteiger partial charge < -0.3 is 0 Å². The number of hydrogen-bond donors (Lipinski definition) is 0. The highest BCUT2D eigenvalue weighted by Gasteiger charge is 2.21. The molecular weight excluding hydrogens is 348 g/mol. The summed E-state index contributed by atoms with van der Waals surface area (Å²) in [5.41, 5.74) is 5.64. The van der Waals surface area contributed by atoms with E-state index in [-0.39, 0.29) is 0 Å². The van der Waals surface area contributed by atoms with Crippen LogP contribution in [0.15, 0.2) is 48.5 Å². The zero-order chi connectivity index (χ0) is 20.3. The topological polar surface area (TPSA) is 0 Å². The van der Waals surface area contributed by atoms with Crippen molar-refractivity contribution in [2.45, 2.75) is 90.4 Å². The highest BCUT2D eigenvalue weighted by molar-refractivity contribution is 5.37. The van der Waals surface area contributed by atoms with Crippen molar-refractivity contribution in [2.75, 3.05) is 0 Å². The molecule has 0 radical (unpaired) electrons. The van der Waals surface area contributed by atoms with Crippen molar-refractivity contribution in [2.24, 2.45) is 5.92 Å². The summed E-state index contributed by atoms with van der Waals surface area (Å²) in [7, 11) is 0. The molecule has 0 N–H and O–H groups in total. The minimum atomic E-state index is 0.569. The molecule has 0 heterocycles. The van der Waals surface area contributed by atoms with Gasteiger partial charge in [0.25, 0.3) is 0 Å². The molecule has 0 unspecified atom stereocenters. The van der Waals surface area contributed by atoms with Gasteiger partial charge in [-0.3, -0.25) is 0 Å². The first-order chi connectivity index (χ1) is 14.3. The molecule has 1 fully saturated rings. The van der Waals surface area contributed by atoms with Gasteiger partial charge in [0.1, 0.15) is 0 Å². The molecule has 1 aliphatic carbocycles. The quantitative estimate of drug-likeness (QED) is 0.318. The summed E-state index contributed by atoms with van der Waals surface area (Å²) in [6.45, 7) is 4.52. The Hall–Kier alpha value is -2.00. The summed E-state index contributed by atoms with van der Waals surface area (Å²) < 4.78 is 0. The fourth-order valence-electron chi connectivity index (χ4n) is 4.51. The highest BCUT2D eigenvalue weighted by Crippen LogP contribution is 2.35. The predicted molar refractivity (Wildman–Crippen MR) is 126 cm³/mol. The number of benzene rings is 2. The molecule has 0 spiro atoms. The second-order valence-electron chi connectivity index (χ2n) is 8.82.